The molecule has 2 atom stereocenters. The molecule has 0 aromatic carbocycles. The minimum absolute atomic E-state index is 0.885. The molecule has 1 saturated heterocycles. The predicted octanol–water partition coefficient (Wildman–Crippen LogP) is 3.00. The maximum absolute atomic E-state index is 5.53. The molecule has 2 rings (SSSR count). The summed E-state index contributed by atoms with van der Waals surface area (Å²) >= 11 is 5.53. The lowest BCUT2D eigenvalue weighted by Crippen LogP contribution is -2.55. The molecule has 74 valence electrons. The van der Waals surface area contributed by atoms with Gasteiger partial charge in [-0.3, -0.25) is 4.90 Å². The normalized spacial score (nSPS) is 35.5. The number of hydrogen-bond acceptors (Lipinski definition) is 1. The van der Waals surface area contributed by atoms with Crippen molar-refractivity contribution in [2.75, 3.05) is 13.1 Å². The number of fused-ring (bicyclic) bond motifs is 1. The fraction of sp³-hybridized carbons (Fsp3) is 0.818. The summed E-state index contributed by atoms with van der Waals surface area (Å²) in [6.07, 6.45) is 9.28. The molecule has 2 heteroatoms. The zero-order valence-electron chi connectivity index (χ0n) is 8.08. The predicted molar refractivity (Wildman–Crippen MR) is 56.9 cm³/mol. The summed E-state index contributed by atoms with van der Waals surface area (Å²) < 4.78 is 0. The van der Waals surface area contributed by atoms with Crippen molar-refractivity contribution in [1.29, 1.82) is 0 Å². The van der Waals surface area contributed by atoms with Crippen LogP contribution >= 0.6 is 11.6 Å². The van der Waals surface area contributed by atoms with Gasteiger partial charge < -0.3 is 0 Å². The van der Waals surface area contributed by atoms with Crippen molar-refractivity contribution >= 4 is 11.6 Å². The highest BCUT2D eigenvalue weighted by atomic mass is 35.5. The van der Waals surface area contributed by atoms with Gasteiger partial charge in [-0.05, 0) is 18.8 Å². The van der Waals surface area contributed by atoms with Crippen LogP contribution in [-0.2, 0) is 0 Å². The van der Waals surface area contributed by atoms with Gasteiger partial charge in [-0.25, -0.2) is 0 Å². The van der Waals surface area contributed by atoms with Crippen LogP contribution in [0.15, 0.2) is 11.6 Å². The molecule has 1 aliphatic heterocycles. The Balaban J connectivity index is 1.83. The van der Waals surface area contributed by atoms with Crippen molar-refractivity contribution in [3.63, 3.8) is 0 Å². The second-order valence-electron chi connectivity index (χ2n) is 4.28. The van der Waals surface area contributed by atoms with Crippen molar-refractivity contribution in [3.05, 3.63) is 11.6 Å². The molecule has 0 radical (unpaired) electrons. The molecule has 2 aliphatic rings. The van der Waals surface area contributed by atoms with E-state index >= 15 is 0 Å². The second kappa shape index (κ2) is 4.47. The fourth-order valence-electron chi connectivity index (χ4n) is 2.74. The molecule has 1 heterocycles. The van der Waals surface area contributed by atoms with Crippen LogP contribution < -0.4 is 0 Å². The summed E-state index contributed by atoms with van der Waals surface area (Å²) in [5.41, 5.74) is 1.64. The summed E-state index contributed by atoms with van der Waals surface area (Å²) in [5.74, 6) is 1.01. The first kappa shape index (κ1) is 9.54. The third-order valence-electron chi connectivity index (χ3n) is 3.49. The lowest BCUT2D eigenvalue weighted by Gasteiger charge is -2.47. The number of likely N-dealkylation sites (tertiary alicyclic amines) is 1. The quantitative estimate of drug-likeness (QED) is 0.661. The Bertz CT molecular complexity index is 191. The van der Waals surface area contributed by atoms with E-state index in [1.54, 1.807) is 5.54 Å². The molecule has 1 nitrogen and oxygen atoms in total. The topological polar surface area (TPSA) is 3.24 Å². The van der Waals surface area contributed by atoms with Crippen molar-refractivity contribution in [1.82, 2.24) is 4.90 Å². The lowest BCUT2D eigenvalue weighted by atomic mass is 9.85. The second-order valence-corrected chi connectivity index (χ2v) is 4.53. The van der Waals surface area contributed by atoms with Crippen molar-refractivity contribution in [3.8, 4) is 0 Å². The molecule has 13 heavy (non-hydrogen) atoms. The smallest absolute Gasteiger partial charge is 0.0177 e. The number of nitrogens with zero attached hydrogens (tertiary/aromatic N) is 1. The third kappa shape index (κ3) is 2.08. The van der Waals surface area contributed by atoms with E-state index in [4.69, 9.17) is 11.6 Å². The van der Waals surface area contributed by atoms with E-state index in [9.17, 15) is 0 Å². The van der Waals surface area contributed by atoms with E-state index in [0.29, 0.717) is 0 Å². The molecular formula is C11H18ClN. The Kier molecular flexibility index (Phi) is 3.28. The molecule has 1 saturated carbocycles. The van der Waals surface area contributed by atoms with Crippen molar-refractivity contribution in [2.45, 2.75) is 38.1 Å². The first-order chi connectivity index (χ1) is 6.42. The van der Waals surface area contributed by atoms with Crippen molar-refractivity contribution < 1.29 is 0 Å². The number of halogens is 1. The van der Waals surface area contributed by atoms with Gasteiger partial charge in [-0.2, -0.15) is 0 Å². The first-order valence-corrected chi connectivity index (χ1v) is 5.84. The highest BCUT2D eigenvalue weighted by Gasteiger charge is 2.37. The molecule has 0 aromatic heterocycles. The first-order valence-electron chi connectivity index (χ1n) is 5.41. The average Bonchev–Trinajstić information content (AvgIpc) is 2.29. The molecule has 0 aromatic rings. The molecule has 2 unspecified atom stereocenters. The minimum atomic E-state index is 0.885. The summed E-state index contributed by atoms with van der Waals surface area (Å²) in [6, 6.07) is 0.885. The van der Waals surface area contributed by atoms with E-state index in [-0.39, 0.29) is 0 Å². The van der Waals surface area contributed by atoms with Crippen LogP contribution in [0.1, 0.15) is 32.1 Å². The zero-order chi connectivity index (χ0) is 9.10. The molecule has 0 bridgehead atoms. The zero-order valence-corrected chi connectivity index (χ0v) is 8.84. The van der Waals surface area contributed by atoms with Crippen LogP contribution in [0, 0.1) is 5.92 Å². The third-order valence-corrected chi connectivity index (χ3v) is 3.66. The molecule has 0 amide bonds. The standard InChI is InChI=1S/C11H18ClN/c12-7-4-8-13-9-10-5-2-1-3-6-11(10)13/h4,7,10-11H,1-3,5-6,8-9H2/b7-4+. The van der Waals surface area contributed by atoms with Gasteiger partial charge in [0.15, 0.2) is 0 Å². The van der Waals surface area contributed by atoms with Crippen LogP contribution in [-0.4, -0.2) is 24.0 Å². The number of hydrogen-bond donors (Lipinski definition) is 0. The Morgan fingerprint density at radius 1 is 1.23 bits per heavy atom. The van der Waals surface area contributed by atoms with Gasteiger partial charge in [-0.1, -0.05) is 36.9 Å². The maximum Gasteiger partial charge on any atom is 0.0177 e. The van der Waals surface area contributed by atoms with Gasteiger partial charge in [-0.15, -0.1) is 0 Å². The lowest BCUT2D eigenvalue weighted by molar-refractivity contribution is 0.0216. The van der Waals surface area contributed by atoms with E-state index in [1.165, 1.54) is 38.6 Å². The van der Waals surface area contributed by atoms with Crippen LogP contribution in [0.25, 0.3) is 0 Å². The summed E-state index contributed by atoms with van der Waals surface area (Å²) in [4.78, 5) is 2.56. The van der Waals surface area contributed by atoms with Gasteiger partial charge in [0.2, 0.25) is 0 Å². The number of rotatable bonds is 2. The summed E-state index contributed by atoms with van der Waals surface area (Å²) in [6.45, 7) is 2.37. The highest BCUT2D eigenvalue weighted by molar-refractivity contribution is 6.25. The Morgan fingerprint density at radius 2 is 2.08 bits per heavy atom. The highest BCUT2D eigenvalue weighted by Crippen LogP contribution is 2.35. The summed E-state index contributed by atoms with van der Waals surface area (Å²) in [7, 11) is 0. The Hall–Kier alpha value is -0.0100. The van der Waals surface area contributed by atoms with Crippen LogP contribution in [0.5, 0.6) is 0 Å². The van der Waals surface area contributed by atoms with E-state index in [1.807, 2.05) is 0 Å². The van der Waals surface area contributed by atoms with Gasteiger partial charge in [0.1, 0.15) is 0 Å². The molecular weight excluding hydrogens is 182 g/mol. The van der Waals surface area contributed by atoms with Crippen LogP contribution in [0.2, 0.25) is 0 Å². The monoisotopic (exact) mass is 199 g/mol. The molecule has 1 aliphatic carbocycles. The molecule has 0 spiro atoms. The van der Waals surface area contributed by atoms with Crippen LogP contribution in [0.3, 0.4) is 0 Å². The SMILES string of the molecule is Cl/C=C/CN1CC2CCCCCC21. The van der Waals surface area contributed by atoms with Crippen LogP contribution in [0.4, 0.5) is 0 Å². The maximum atomic E-state index is 5.53. The van der Waals surface area contributed by atoms with E-state index in [0.717, 1.165) is 18.5 Å². The average molecular weight is 200 g/mol. The molecule has 0 N–H and O–H groups in total. The van der Waals surface area contributed by atoms with Gasteiger partial charge >= 0.3 is 0 Å². The van der Waals surface area contributed by atoms with Gasteiger partial charge in [0, 0.05) is 24.7 Å². The van der Waals surface area contributed by atoms with Gasteiger partial charge in [0.05, 0.1) is 0 Å². The molecule has 2 fully saturated rings. The van der Waals surface area contributed by atoms with Gasteiger partial charge in [0.25, 0.3) is 0 Å². The Morgan fingerprint density at radius 3 is 2.92 bits per heavy atom. The minimum Gasteiger partial charge on any atom is -0.296 e. The summed E-state index contributed by atoms with van der Waals surface area (Å²) in [5, 5.41) is 0. The Labute approximate surface area is 85.8 Å². The largest absolute Gasteiger partial charge is 0.296 e. The fourth-order valence-corrected chi connectivity index (χ4v) is 2.82. The van der Waals surface area contributed by atoms with Crippen molar-refractivity contribution in [2.24, 2.45) is 5.92 Å². The van der Waals surface area contributed by atoms with E-state index in [2.05, 4.69) is 11.0 Å². The van der Waals surface area contributed by atoms with E-state index < -0.39 is 0 Å².